The molecule has 0 aliphatic heterocycles. The summed E-state index contributed by atoms with van der Waals surface area (Å²) in [6.45, 7) is 0. The molecule has 0 amide bonds. The maximum Gasteiger partial charge on any atom is 0.294 e. The number of hydrogen-bond donors (Lipinski definition) is 1. The van der Waals surface area contributed by atoms with Crippen molar-refractivity contribution in [2.24, 2.45) is 0 Å². The van der Waals surface area contributed by atoms with Gasteiger partial charge < -0.3 is 8.83 Å². The molecule has 0 bridgehead atoms. The third kappa shape index (κ3) is 2.84. The number of para-hydroxylation sites is 2. The highest BCUT2D eigenvalue weighted by Crippen LogP contribution is 2.29. The number of hydrogen-bond acceptors (Lipinski definition) is 6. The van der Waals surface area contributed by atoms with Gasteiger partial charge in [0.05, 0.1) is 4.90 Å². The molecule has 2 heterocycles. The smallest absolute Gasteiger partial charge is 0.294 e. The zero-order valence-corrected chi connectivity index (χ0v) is 15.1. The first-order chi connectivity index (χ1) is 13.5. The highest BCUT2D eigenvalue weighted by Gasteiger charge is 2.15. The quantitative estimate of drug-likeness (QED) is 0.449. The number of benzene rings is 3. The lowest BCUT2D eigenvalue weighted by Gasteiger charge is -1.98. The molecule has 2 aromatic heterocycles. The van der Waals surface area contributed by atoms with Crippen LogP contribution in [0.25, 0.3) is 45.1 Å². The predicted molar refractivity (Wildman–Crippen MR) is 102 cm³/mol. The third-order valence-electron chi connectivity index (χ3n) is 4.33. The molecule has 0 radical (unpaired) electrons. The van der Waals surface area contributed by atoms with Crippen molar-refractivity contribution in [3.8, 4) is 22.9 Å². The van der Waals surface area contributed by atoms with Gasteiger partial charge >= 0.3 is 0 Å². The van der Waals surface area contributed by atoms with Crippen LogP contribution in [0.3, 0.4) is 0 Å². The molecule has 1 N–H and O–H groups in total. The van der Waals surface area contributed by atoms with Crippen LogP contribution in [0.15, 0.2) is 80.5 Å². The minimum atomic E-state index is -4.30. The Labute approximate surface area is 159 Å². The SMILES string of the molecule is O=S(=O)(O)c1ccc2nc(-c3ccc(-c4nc5ccccc5o4)cc3)oc2c1. The largest absolute Gasteiger partial charge is 0.436 e. The van der Waals surface area contributed by atoms with Crippen LogP contribution in [0.5, 0.6) is 0 Å². The number of fused-ring (bicyclic) bond motifs is 2. The molecule has 0 aliphatic carbocycles. The fourth-order valence-electron chi connectivity index (χ4n) is 2.94. The molecule has 3 aromatic carbocycles. The van der Waals surface area contributed by atoms with Gasteiger partial charge in [-0.3, -0.25) is 4.55 Å². The van der Waals surface area contributed by atoms with Crippen molar-refractivity contribution in [3.63, 3.8) is 0 Å². The second-order valence-electron chi connectivity index (χ2n) is 6.19. The van der Waals surface area contributed by atoms with Crippen LogP contribution >= 0.6 is 0 Å². The summed E-state index contributed by atoms with van der Waals surface area (Å²) in [5.41, 5.74) is 3.79. The van der Waals surface area contributed by atoms with E-state index in [0.29, 0.717) is 22.9 Å². The van der Waals surface area contributed by atoms with Gasteiger partial charge in [-0.15, -0.1) is 0 Å². The molecule has 138 valence electrons. The van der Waals surface area contributed by atoms with E-state index in [1.165, 1.54) is 18.2 Å². The monoisotopic (exact) mass is 392 g/mol. The number of aromatic nitrogens is 2. The van der Waals surface area contributed by atoms with Crippen LogP contribution < -0.4 is 0 Å². The molecule has 7 nitrogen and oxygen atoms in total. The Morgan fingerprint density at radius 2 is 1.29 bits per heavy atom. The molecule has 0 saturated heterocycles. The Morgan fingerprint density at radius 1 is 0.714 bits per heavy atom. The minimum absolute atomic E-state index is 0.242. The molecule has 0 unspecified atom stereocenters. The number of nitrogens with zero attached hydrogens (tertiary/aromatic N) is 2. The van der Waals surface area contributed by atoms with Gasteiger partial charge in [-0.1, -0.05) is 12.1 Å². The molecule has 0 atom stereocenters. The summed E-state index contributed by atoms with van der Waals surface area (Å²) in [5.74, 6) is 0.856. The van der Waals surface area contributed by atoms with Crippen LogP contribution in [-0.4, -0.2) is 22.9 Å². The Bertz CT molecular complexity index is 1400. The summed E-state index contributed by atoms with van der Waals surface area (Å²) in [6, 6.07) is 18.9. The molecule has 8 heteroatoms. The molecule has 0 fully saturated rings. The van der Waals surface area contributed by atoms with Crippen molar-refractivity contribution in [1.29, 1.82) is 0 Å². The standard InChI is InChI=1S/C20H12N2O5S/c23-28(24,25)14-9-10-16-18(11-14)27-20(22-16)13-7-5-12(6-8-13)19-21-15-3-1-2-4-17(15)26-19/h1-11H,(H,23,24,25). The zero-order chi connectivity index (χ0) is 19.3. The zero-order valence-electron chi connectivity index (χ0n) is 14.2. The Hall–Kier alpha value is -3.49. The van der Waals surface area contributed by atoms with E-state index in [1.807, 2.05) is 48.5 Å². The molecule has 28 heavy (non-hydrogen) atoms. The molecule has 0 aliphatic rings. The molecule has 0 saturated carbocycles. The van der Waals surface area contributed by atoms with Crippen molar-refractivity contribution in [1.82, 2.24) is 9.97 Å². The fraction of sp³-hybridized carbons (Fsp3) is 0. The third-order valence-corrected chi connectivity index (χ3v) is 5.18. The van der Waals surface area contributed by atoms with Crippen molar-refractivity contribution in [2.75, 3.05) is 0 Å². The molecular weight excluding hydrogens is 380 g/mol. The second kappa shape index (κ2) is 6.01. The highest BCUT2D eigenvalue weighted by atomic mass is 32.2. The van der Waals surface area contributed by atoms with Crippen molar-refractivity contribution >= 4 is 32.3 Å². The molecule has 5 aromatic rings. The van der Waals surface area contributed by atoms with Gasteiger partial charge in [-0.25, -0.2) is 9.97 Å². The first kappa shape index (κ1) is 16.7. The fourth-order valence-corrected chi connectivity index (χ4v) is 3.44. The summed E-state index contributed by atoms with van der Waals surface area (Å²) >= 11 is 0. The van der Waals surface area contributed by atoms with Crippen LogP contribution in [-0.2, 0) is 10.1 Å². The summed E-state index contributed by atoms with van der Waals surface area (Å²) in [7, 11) is -4.30. The van der Waals surface area contributed by atoms with Gasteiger partial charge in [0.1, 0.15) is 11.0 Å². The van der Waals surface area contributed by atoms with Crippen molar-refractivity contribution < 1.29 is 21.8 Å². The summed E-state index contributed by atoms with van der Waals surface area (Å²) in [5, 5.41) is 0. The van der Waals surface area contributed by atoms with E-state index in [-0.39, 0.29) is 10.5 Å². The van der Waals surface area contributed by atoms with Crippen LogP contribution in [0, 0.1) is 0 Å². The first-order valence-electron chi connectivity index (χ1n) is 8.32. The van der Waals surface area contributed by atoms with Gasteiger partial charge in [0.15, 0.2) is 11.2 Å². The summed E-state index contributed by atoms with van der Waals surface area (Å²) in [6.07, 6.45) is 0. The Balaban J connectivity index is 1.51. The van der Waals surface area contributed by atoms with Crippen molar-refractivity contribution in [3.05, 3.63) is 66.7 Å². The van der Waals surface area contributed by atoms with E-state index in [2.05, 4.69) is 9.97 Å². The van der Waals surface area contributed by atoms with E-state index in [4.69, 9.17) is 13.4 Å². The predicted octanol–water partition coefficient (Wildman–Crippen LogP) is 4.55. The maximum absolute atomic E-state index is 11.3. The lowest BCUT2D eigenvalue weighted by Crippen LogP contribution is -1.96. The van der Waals surface area contributed by atoms with E-state index >= 15 is 0 Å². The average molecular weight is 392 g/mol. The van der Waals surface area contributed by atoms with Gasteiger partial charge in [-0.05, 0) is 48.5 Å². The number of oxazole rings is 2. The van der Waals surface area contributed by atoms with Crippen LogP contribution in [0.1, 0.15) is 0 Å². The van der Waals surface area contributed by atoms with Gasteiger partial charge in [0, 0.05) is 17.2 Å². The van der Waals surface area contributed by atoms with Crippen LogP contribution in [0.4, 0.5) is 0 Å². The Morgan fingerprint density at radius 3 is 1.89 bits per heavy atom. The minimum Gasteiger partial charge on any atom is -0.436 e. The van der Waals surface area contributed by atoms with Gasteiger partial charge in [0.25, 0.3) is 10.1 Å². The average Bonchev–Trinajstić information content (AvgIpc) is 3.31. The molecule has 0 spiro atoms. The van der Waals surface area contributed by atoms with Gasteiger partial charge in [-0.2, -0.15) is 8.42 Å². The van der Waals surface area contributed by atoms with E-state index in [1.54, 1.807) is 0 Å². The Kier molecular flexibility index (Phi) is 3.58. The van der Waals surface area contributed by atoms with Crippen molar-refractivity contribution in [2.45, 2.75) is 4.90 Å². The first-order valence-corrected chi connectivity index (χ1v) is 9.76. The van der Waals surface area contributed by atoms with E-state index in [0.717, 1.165) is 16.7 Å². The van der Waals surface area contributed by atoms with E-state index in [9.17, 15) is 8.42 Å². The molecular formula is C20H12N2O5S. The van der Waals surface area contributed by atoms with Gasteiger partial charge in [0.2, 0.25) is 11.8 Å². The summed E-state index contributed by atoms with van der Waals surface area (Å²) < 4.78 is 43.1. The highest BCUT2D eigenvalue weighted by molar-refractivity contribution is 7.85. The van der Waals surface area contributed by atoms with E-state index < -0.39 is 10.1 Å². The lowest BCUT2D eigenvalue weighted by molar-refractivity contribution is 0.483. The lowest BCUT2D eigenvalue weighted by atomic mass is 10.1. The topological polar surface area (TPSA) is 106 Å². The normalized spacial score (nSPS) is 12.0. The van der Waals surface area contributed by atoms with Crippen LogP contribution in [0.2, 0.25) is 0 Å². The maximum atomic E-state index is 11.3. The molecule has 5 rings (SSSR count). The second-order valence-corrected chi connectivity index (χ2v) is 7.61. The summed E-state index contributed by atoms with van der Waals surface area (Å²) in [4.78, 5) is 8.59. The number of rotatable bonds is 3.